The molecule has 0 unspecified atom stereocenters. The van der Waals surface area contributed by atoms with Crippen LogP contribution in [0, 0.1) is 11.6 Å². The van der Waals surface area contributed by atoms with Crippen molar-refractivity contribution in [2.45, 2.75) is 6.54 Å². The third kappa shape index (κ3) is 3.17. The van der Waals surface area contributed by atoms with Gasteiger partial charge in [0.05, 0.1) is 23.1 Å². The van der Waals surface area contributed by atoms with Gasteiger partial charge >= 0.3 is 5.56 Å². The van der Waals surface area contributed by atoms with Gasteiger partial charge in [-0.15, -0.1) is 0 Å². The molecule has 0 saturated carbocycles. The third-order valence-electron chi connectivity index (χ3n) is 5.66. The van der Waals surface area contributed by atoms with E-state index in [9.17, 15) is 13.6 Å². The van der Waals surface area contributed by atoms with Crippen LogP contribution in [0.25, 0.3) is 33.7 Å². The second kappa shape index (κ2) is 7.73. The summed E-state index contributed by atoms with van der Waals surface area (Å²) in [5, 5.41) is 13.1. The summed E-state index contributed by atoms with van der Waals surface area (Å²) in [6.45, 7) is 0.291. The maximum absolute atomic E-state index is 15.0. The molecule has 0 radical (unpaired) electrons. The van der Waals surface area contributed by atoms with Crippen LogP contribution >= 0.6 is 0 Å². The van der Waals surface area contributed by atoms with E-state index in [0.717, 1.165) is 15.9 Å². The average molecular weight is 454 g/mol. The van der Waals surface area contributed by atoms with Crippen LogP contribution in [0.4, 0.5) is 8.78 Å². The summed E-state index contributed by atoms with van der Waals surface area (Å²) < 4.78 is 33.6. The van der Waals surface area contributed by atoms with Crippen LogP contribution in [0.5, 0.6) is 0 Å². The molecule has 0 saturated heterocycles. The molecule has 1 aromatic heterocycles. The van der Waals surface area contributed by atoms with Crippen molar-refractivity contribution in [2.24, 2.45) is 0 Å². The summed E-state index contributed by atoms with van der Waals surface area (Å²) in [5.41, 5.74) is 1.68. The van der Waals surface area contributed by atoms with E-state index in [-0.39, 0.29) is 22.5 Å². The molecule has 0 N–H and O–H groups in total. The van der Waals surface area contributed by atoms with Gasteiger partial charge in [-0.2, -0.15) is 20.0 Å². The number of para-hydroxylation sites is 1. The summed E-state index contributed by atoms with van der Waals surface area (Å²) in [4.78, 5) is 13.1. The summed E-state index contributed by atoms with van der Waals surface area (Å²) in [6.07, 6.45) is 3.55. The van der Waals surface area contributed by atoms with Gasteiger partial charge in [-0.25, -0.2) is 13.5 Å². The van der Waals surface area contributed by atoms with E-state index in [0.29, 0.717) is 12.1 Å². The fraction of sp³-hybridized carbons (Fsp3) is 0.0400. The predicted molar refractivity (Wildman–Crippen MR) is 122 cm³/mol. The molecule has 2 aliphatic rings. The zero-order chi connectivity index (χ0) is 23.2. The van der Waals surface area contributed by atoms with Crippen LogP contribution in [0.15, 0.2) is 90.0 Å². The highest BCUT2D eigenvalue weighted by atomic mass is 19.1. The van der Waals surface area contributed by atoms with Crippen LogP contribution < -0.4 is 5.56 Å². The third-order valence-corrected chi connectivity index (χ3v) is 5.66. The monoisotopic (exact) mass is 454 g/mol. The van der Waals surface area contributed by atoms with Crippen LogP contribution in [0.1, 0.15) is 5.56 Å². The van der Waals surface area contributed by atoms with E-state index in [1.54, 1.807) is 33.8 Å². The second-order valence-corrected chi connectivity index (χ2v) is 7.77. The van der Waals surface area contributed by atoms with Crippen molar-refractivity contribution in [2.75, 3.05) is 0 Å². The molecule has 3 heterocycles. The fourth-order valence-electron chi connectivity index (χ4n) is 4.05. The topological polar surface area (TPSA) is 70.5 Å². The first-order chi connectivity index (χ1) is 16.6. The molecule has 166 valence electrons. The lowest BCUT2D eigenvalue weighted by molar-refractivity contribution is 0.609. The van der Waals surface area contributed by atoms with Gasteiger partial charge in [0.25, 0.3) is 0 Å². The number of halogens is 2. The van der Waals surface area contributed by atoms with E-state index in [4.69, 9.17) is 0 Å². The van der Waals surface area contributed by atoms with Crippen molar-refractivity contribution in [3.63, 3.8) is 0 Å². The minimum Gasteiger partial charge on any atom is -0.265 e. The van der Waals surface area contributed by atoms with Crippen LogP contribution in [0.2, 0.25) is 0 Å². The second-order valence-electron chi connectivity index (χ2n) is 7.77. The molecular formula is C25H16F2N6O. The minimum absolute atomic E-state index is 0.0178. The van der Waals surface area contributed by atoms with E-state index >= 15 is 0 Å². The van der Waals surface area contributed by atoms with Gasteiger partial charge in [-0.05, 0) is 48.0 Å². The summed E-state index contributed by atoms with van der Waals surface area (Å²) in [5.74, 6) is -1.15. The molecule has 4 aromatic rings. The molecule has 6 rings (SSSR count). The van der Waals surface area contributed by atoms with Crippen LogP contribution in [0.3, 0.4) is 0 Å². The Morgan fingerprint density at radius 1 is 0.794 bits per heavy atom. The van der Waals surface area contributed by atoms with E-state index in [1.165, 1.54) is 24.3 Å². The van der Waals surface area contributed by atoms with Crippen LogP contribution in [-0.2, 0) is 6.54 Å². The van der Waals surface area contributed by atoms with Gasteiger partial charge in [0.1, 0.15) is 23.0 Å². The van der Waals surface area contributed by atoms with Crippen molar-refractivity contribution in [3.05, 3.63) is 113 Å². The summed E-state index contributed by atoms with van der Waals surface area (Å²) >= 11 is 0. The molecule has 7 nitrogen and oxygen atoms in total. The highest BCUT2D eigenvalue weighted by Gasteiger charge is 2.25. The van der Waals surface area contributed by atoms with Crippen molar-refractivity contribution >= 4 is 10.9 Å². The van der Waals surface area contributed by atoms with Crippen LogP contribution in [-0.4, -0.2) is 29.3 Å². The van der Waals surface area contributed by atoms with Gasteiger partial charge in [0.15, 0.2) is 5.69 Å². The number of aromatic nitrogens is 6. The van der Waals surface area contributed by atoms with E-state index in [1.807, 2.05) is 36.5 Å². The normalized spacial score (nSPS) is 11.5. The average Bonchev–Trinajstić information content (AvgIpc) is 3.49. The summed E-state index contributed by atoms with van der Waals surface area (Å²) in [7, 11) is 0. The number of fused-ring (bicyclic) bond motifs is 3. The van der Waals surface area contributed by atoms with Crippen molar-refractivity contribution in [1.82, 2.24) is 29.3 Å². The zero-order valence-corrected chi connectivity index (χ0v) is 17.6. The SMILES string of the molecule is O=c1c2nn(Cc3ccc(-n4cccn4)cc3)c3cccc(F)c3c-2nn1-c1ccccc1F. The Morgan fingerprint density at radius 3 is 2.35 bits per heavy atom. The standard InChI is InChI=1S/C25H16F2N6O/c26-18-5-1-2-7-20(18)33-25(34)24-23(30-33)22-19(27)6-3-8-21(22)32(29-24)15-16-9-11-17(12-10-16)31-14-4-13-28-31/h1-14H,15H2. The Balaban J connectivity index is 1.51. The molecular weight excluding hydrogens is 438 g/mol. The highest BCUT2D eigenvalue weighted by Crippen LogP contribution is 2.29. The molecule has 34 heavy (non-hydrogen) atoms. The maximum atomic E-state index is 15.0. The Morgan fingerprint density at radius 2 is 1.59 bits per heavy atom. The Bertz CT molecular complexity index is 1670. The first-order valence-corrected chi connectivity index (χ1v) is 10.5. The van der Waals surface area contributed by atoms with Crippen molar-refractivity contribution < 1.29 is 8.78 Å². The Hall–Kier alpha value is -4.66. The van der Waals surface area contributed by atoms with Gasteiger partial charge in [-0.1, -0.05) is 30.3 Å². The van der Waals surface area contributed by atoms with Gasteiger partial charge in [0.2, 0.25) is 0 Å². The molecule has 0 bridgehead atoms. The van der Waals surface area contributed by atoms with Gasteiger partial charge < -0.3 is 0 Å². The first kappa shape index (κ1) is 20.0. The number of benzene rings is 3. The minimum atomic E-state index is -0.618. The number of rotatable bonds is 4. The van der Waals surface area contributed by atoms with E-state index < -0.39 is 17.2 Å². The molecule has 3 aromatic carbocycles. The molecule has 0 aliphatic carbocycles. The Labute approximate surface area is 191 Å². The number of hydrogen-bond donors (Lipinski definition) is 0. The van der Waals surface area contributed by atoms with Gasteiger partial charge in [-0.3, -0.25) is 9.48 Å². The maximum Gasteiger partial charge on any atom is 0.301 e. The lowest BCUT2D eigenvalue weighted by atomic mass is 10.1. The lowest BCUT2D eigenvalue weighted by Crippen LogP contribution is -2.18. The molecule has 0 atom stereocenters. The first-order valence-electron chi connectivity index (χ1n) is 10.5. The largest absolute Gasteiger partial charge is 0.301 e. The lowest BCUT2D eigenvalue weighted by Gasteiger charge is -2.13. The van der Waals surface area contributed by atoms with Crippen molar-refractivity contribution in [1.29, 1.82) is 0 Å². The zero-order valence-electron chi connectivity index (χ0n) is 17.6. The van der Waals surface area contributed by atoms with Crippen molar-refractivity contribution in [3.8, 4) is 22.8 Å². The molecule has 9 heteroatoms. The quantitative estimate of drug-likeness (QED) is 0.400. The molecule has 0 amide bonds. The molecule has 0 fully saturated rings. The molecule has 2 aliphatic heterocycles. The Kier molecular flexibility index (Phi) is 4.54. The number of nitrogens with zero attached hydrogens (tertiary/aromatic N) is 6. The van der Waals surface area contributed by atoms with Gasteiger partial charge in [0, 0.05) is 12.4 Å². The highest BCUT2D eigenvalue weighted by molar-refractivity contribution is 5.92. The van der Waals surface area contributed by atoms with E-state index in [2.05, 4.69) is 15.3 Å². The molecule has 0 spiro atoms. The fourth-order valence-corrected chi connectivity index (χ4v) is 4.05. The summed E-state index contributed by atoms with van der Waals surface area (Å²) in [6, 6.07) is 19.9. The smallest absolute Gasteiger partial charge is 0.265 e. The number of hydrogen-bond acceptors (Lipinski definition) is 4. The predicted octanol–water partition coefficient (Wildman–Crippen LogP) is 4.20.